The van der Waals surface area contributed by atoms with Crippen LogP contribution < -0.4 is 11.1 Å². The fraction of sp³-hybridized carbons (Fsp3) is 0.800. The SMILES string of the molecule is CCC(CC(N)=NO)NC(=O)N(CC)CC. The highest BCUT2D eigenvalue weighted by Gasteiger charge is 2.15. The Morgan fingerprint density at radius 2 is 2.00 bits per heavy atom. The highest BCUT2D eigenvalue weighted by molar-refractivity contribution is 5.81. The predicted octanol–water partition coefficient (Wildman–Crippen LogP) is 0.953. The molecule has 0 aromatic rings. The number of rotatable bonds is 6. The van der Waals surface area contributed by atoms with Crippen molar-refractivity contribution < 1.29 is 10.0 Å². The molecule has 0 aromatic heterocycles. The van der Waals surface area contributed by atoms with Gasteiger partial charge in [0.25, 0.3) is 0 Å². The molecule has 0 aliphatic heterocycles. The number of hydrogen-bond donors (Lipinski definition) is 3. The molecule has 0 fully saturated rings. The van der Waals surface area contributed by atoms with Gasteiger partial charge in [-0.1, -0.05) is 12.1 Å². The Morgan fingerprint density at radius 1 is 1.44 bits per heavy atom. The van der Waals surface area contributed by atoms with Gasteiger partial charge in [-0.15, -0.1) is 0 Å². The molecule has 6 heteroatoms. The van der Waals surface area contributed by atoms with Crippen molar-refractivity contribution in [2.75, 3.05) is 13.1 Å². The second-order valence-electron chi connectivity index (χ2n) is 3.52. The Morgan fingerprint density at radius 3 is 2.38 bits per heavy atom. The summed E-state index contributed by atoms with van der Waals surface area (Å²) < 4.78 is 0. The first kappa shape index (κ1) is 14.5. The minimum atomic E-state index is -0.109. The van der Waals surface area contributed by atoms with Crippen LogP contribution in [0.1, 0.15) is 33.6 Å². The largest absolute Gasteiger partial charge is 0.409 e. The molecule has 1 atom stereocenters. The van der Waals surface area contributed by atoms with Crippen LogP contribution in [0.5, 0.6) is 0 Å². The number of amidine groups is 1. The van der Waals surface area contributed by atoms with E-state index in [0.717, 1.165) is 6.42 Å². The Hall–Kier alpha value is -1.46. The number of nitrogens with zero attached hydrogens (tertiary/aromatic N) is 2. The molecule has 0 aromatic carbocycles. The van der Waals surface area contributed by atoms with Crippen molar-refractivity contribution in [1.82, 2.24) is 10.2 Å². The highest BCUT2D eigenvalue weighted by Crippen LogP contribution is 1.99. The molecule has 16 heavy (non-hydrogen) atoms. The molecule has 2 amide bonds. The summed E-state index contributed by atoms with van der Waals surface area (Å²) in [6.07, 6.45) is 1.10. The van der Waals surface area contributed by atoms with Crippen molar-refractivity contribution in [3.8, 4) is 0 Å². The van der Waals surface area contributed by atoms with E-state index in [1.807, 2.05) is 20.8 Å². The topological polar surface area (TPSA) is 91.0 Å². The molecule has 4 N–H and O–H groups in total. The zero-order valence-electron chi connectivity index (χ0n) is 10.2. The first-order chi connectivity index (χ1) is 7.58. The summed E-state index contributed by atoms with van der Waals surface area (Å²) in [6.45, 7) is 7.13. The number of hydrogen-bond acceptors (Lipinski definition) is 3. The molecule has 0 aliphatic carbocycles. The summed E-state index contributed by atoms with van der Waals surface area (Å²) in [5.41, 5.74) is 5.40. The number of oxime groups is 1. The molecular weight excluding hydrogens is 208 g/mol. The maximum atomic E-state index is 11.7. The van der Waals surface area contributed by atoms with Crippen molar-refractivity contribution >= 4 is 11.9 Å². The summed E-state index contributed by atoms with van der Waals surface area (Å²) in [5.74, 6) is 0.131. The van der Waals surface area contributed by atoms with Crippen LogP contribution >= 0.6 is 0 Å². The Balaban J connectivity index is 4.26. The first-order valence-electron chi connectivity index (χ1n) is 5.60. The Kier molecular flexibility index (Phi) is 7.07. The second kappa shape index (κ2) is 7.78. The Labute approximate surface area is 96.5 Å². The van der Waals surface area contributed by atoms with E-state index in [0.29, 0.717) is 19.5 Å². The lowest BCUT2D eigenvalue weighted by atomic mass is 10.1. The lowest BCUT2D eigenvalue weighted by Crippen LogP contribution is -2.45. The zero-order valence-corrected chi connectivity index (χ0v) is 10.2. The summed E-state index contributed by atoms with van der Waals surface area (Å²) in [6, 6.07) is -0.202. The molecule has 0 radical (unpaired) electrons. The van der Waals surface area contributed by atoms with Crippen LogP contribution in [0.3, 0.4) is 0 Å². The average Bonchev–Trinajstić information content (AvgIpc) is 2.29. The first-order valence-corrected chi connectivity index (χ1v) is 5.60. The molecule has 0 aliphatic rings. The van der Waals surface area contributed by atoms with E-state index in [1.165, 1.54) is 0 Å². The van der Waals surface area contributed by atoms with Gasteiger partial charge in [0.2, 0.25) is 0 Å². The van der Waals surface area contributed by atoms with Crippen molar-refractivity contribution in [3.05, 3.63) is 0 Å². The van der Waals surface area contributed by atoms with Gasteiger partial charge in [0.15, 0.2) is 0 Å². The number of carbonyl (C=O) groups excluding carboxylic acids is 1. The van der Waals surface area contributed by atoms with Crippen LogP contribution in [-0.4, -0.2) is 41.1 Å². The van der Waals surface area contributed by atoms with Gasteiger partial charge in [-0.05, 0) is 20.3 Å². The van der Waals surface area contributed by atoms with Crippen LogP contribution in [-0.2, 0) is 0 Å². The predicted molar refractivity (Wildman–Crippen MR) is 63.6 cm³/mol. The molecular formula is C10H22N4O2. The van der Waals surface area contributed by atoms with Gasteiger partial charge in [-0.2, -0.15) is 0 Å². The fourth-order valence-electron chi connectivity index (χ4n) is 1.37. The van der Waals surface area contributed by atoms with E-state index in [1.54, 1.807) is 4.90 Å². The van der Waals surface area contributed by atoms with Gasteiger partial charge in [0.1, 0.15) is 5.84 Å². The maximum Gasteiger partial charge on any atom is 0.317 e. The van der Waals surface area contributed by atoms with Crippen LogP contribution in [0, 0.1) is 0 Å². The quantitative estimate of drug-likeness (QED) is 0.274. The molecule has 0 heterocycles. The van der Waals surface area contributed by atoms with Crippen LogP contribution in [0.15, 0.2) is 5.16 Å². The molecule has 0 rings (SSSR count). The van der Waals surface area contributed by atoms with Crippen molar-refractivity contribution in [1.29, 1.82) is 0 Å². The average molecular weight is 230 g/mol. The zero-order chi connectivity index (χ0) is 12.6. The van der Waals surface area contributed by atoms with Crippen LogP contribution in [0.4, 0.5) is 4.79 Å². The summed E-state index contributed by atoms with van der Waals surface area (Å²) in [4.78, 5) is 13.4. The third-order valence-corrected chi connectivity index (χ3v) is 2.46. The summed E-state index contributed by atoms with van der Waals surface area (Å²) >= 11 is 0. The normalized spacial score (nSPS) is 13.3. The summed E-state index contributed by atoms with van der Waals surface area (Å²) in [7, 11) is 0. The molecule has 0 spiro atoms. The molecule has 0 saturated carbocycles. The van der Waals surface area contributed by atoms with E-state index in [9.17, 15) is 4.79 Å². The van der Waals surface area contributed by atoms with E-state index in [-0.39, 0.29) is 17.9 Å². The lowest BCUT2D eigenvalue weighted by molar-refractivity contribution is 0.199. The monoisotopic (exact) mass is 230 g/mol. The smallest absolute Gasteiger partial charge is 0.317 e. The van der Waals surface area contributed by atoms with E-state index >= 15 is 0 Å². The fourth-order valence-corrected chi connectivity index (χ4v) is 1.37. The van der Waals surface area contributed by atoms with Gasteiger partial charge >= 0.3 is 6.03 Å². The molecule has 0 saturated heterocycles. The Bertz CT molecular complexity index is 239. The van der Waals surface area contributed by atoms with E-state index in [2.05, 4.69) is 10.5 Å². The second-order valence-corrected chi connectivity index (χ2v) is 3.52. The van der Waals surface area contributed by atoms with Gasteiger partial charge in [0.05, 0.1) is 0 Å². The van der Waals surface area contributed by atoms with E-state index < -0.39 is 0 Å². The standard InChI is InChI=1S/C10H22N4O2/c1-4-8(7-9(11)13-16)12-10(15)14(5-2)6-3/h8,16H,4-7H2,1-3H3,(H2,11,13)(H,12,15). The van der Waals surface area contributed by atoms with Gasteiger partial charge in [-0.3, -0.25) is 0 Å². The van der Waals surface area contributed by atoms with Crippen molar-refractivity contribution in [2.45, 2.75) is 39.7 Å². The number of nitrogens with two attached hydrogens (primary N) is 1. The number of urea groups is 1. The number of amides is 2. The molecule has 1 unspecified atom stereocenters. The molecule has 0 bridgehead atoms. The van der Waals surface area contributed by atoms with Gasteiger partial charge in [0, 0.05) is 25.6 Å². The minimum absolute atomic E-state index is 0.0935. The highest BCUT2D eigenvalue weighted by atomic mass is 16.4. The van der Waals surface area contributed by atoms with Gasteiger partial charge in [-0.25, -0.2) is 4.79 Å². The molecule has 6 nitrogen and oxygen atoms in total. The van der Waals surface area contributed by atoms with Crippen LogP contribution in [0.2, 0.25) is 0 Å². The summed E-state index contributed by atoms with van der Waals surface area (Å²) in [5, 5.41) is 14.2. The van der Waals surface area contributed by atoms with Crippen LogP contribution in [0.25, 0.3) is 0 Å². The number of nitrogens with one attached hydrogen (secondary N) is 1. The molecule has 94 valence electrons. The number of carbonyl (C=O) groups is 1. The van der Waals surface area contributed by atoms with E-state index in [4.69, 9.17) is 10.9 Å². The van der Waals surface area contributed by atoms with Gasteiger partial charge < -0.3 is 21.2 Å². The third kappa shape index (κ3) is 4.86. The van der Waals surface area contributed by atoms with Crippen molar-refractivity contribution in [3.63, 3.8) is 0 Å². The maximum absolute atomic E-state index is 11.7. The van der Waals surface area contributed by atoms with Crippen molar-refractivity contribution in [2.24, 2.45) is 10.9 Å². The lowest BCUT2D eigenvalue weighted by Gasteiger charge is -2.23. The third-order valence-electron chi connectivity index (χ3n) is 2.46. The minimum Gasteiger partial charge on any atom is -0.409 e.